The van der Waals surface area contributed by atoms with E-state index in [-0.39, 0.29) is 11.9 Å². The normalized spacial score (nSPS) is 17.3. The summed E-state index contributed by atoms with van der Waals surface area (Å²) in [5.74, 6) is 3.47. The van der Waals surface area contributed by atoms with E-state index in [9.17, 15) is 4.39 Å². The average Bonchev–Trinajstić information content (AvgIpc) is 3.26. The Morgan fingerprint density at radius 1 is 1.09 bits per heavy atom. The van der Waals surface area contributed by atoms with E-state index in [1.165, 1.54) is 25.0 Å². The maximum atomic E-state index is 13.4. The van der Waals surface area contributed by atoms with Gasteiger partial charge in [0.25, 0.3) is 0 Å². The van der Waals surface area contributed by atoms with E-state index in [1.807, 2.05) is 22.3 Å². The fourth-order valence-electron chi connectivity index (χ4n) is 4.53. The first-order valence-electron chi connectivity index (χ1n) is 11.0. The third-order valence-corrected chi connectivity index (χ3v) is 6.29. The number of aryl methyl sites for hydroxylation is 1. The SMILES string of the molecule is CC[C@@H]1c2nncn2-c2c(C)nc(-n3ccnc3-c3ccc(F)cc3)nc2N1CC1CC1. The van der Waals surface area contributed by atoms with Gasteiger partial charge in [0.05, 0.1) is 11.7 Å². The van der Waals surface area contributed by atoms with Crippen LogP contribution in [-0.2, 0) is 0 Å². The molecule has 0 N–H and O–H groups in total. The lowest BCUT2D eigenvalue weighted by Crippen LogP contribution is -2.37. The molecule has 1 aromatic carbocycles. The molecule has 0 spiro atoms. The van der Waals surface area contributed by atoms with Gasteiger partial charge < -0.3 is 4.90 Å². The fourth-order valence-corrected chi connectivity index (χ4v) is 4.53. The number of benzene rings is 1. The van der Waals surface area contributed by atoms with Gasteiger partial charge in [0, 0.05) is 24.5 Å². The van der Waals surface area contributed by atoms with Crippen molar-refractivity contribution in [2.45, 2.75) is 39.2 Å². The molecule has 9 heteroatoms. The van der Waals surface area contributed by atoms with Crippen LogP contribution in [0, 0.1) is 18.7 Å². The first-order chi connectivity index (χ1) is 15.6. The molecule has 0 saturated heterocycles. The number of nitrogens with zero attached hydrogens (tertiary/aromatic N) is 8. The van der Waals surface area contributed by atoms with Crippen LogP contribution >= 0.6 is 0 Å². The van der Waals surface area contributed by atoms with E-state index in [0.717, 1.165) is 41.6 Å². The fraction of sp³-hybridized carbons (Fsp3) is 0.348. The summed E-state index contributed by atoms with van der Waals surface area (Å²) in [5, 5.41) is 8.62. The zero-order chi connectivity index (χ0) is 21.8. The summed E-state index contributed by atoms with van der Waals surface area (Å²) < 4.78 is 17.3. The Hall–Kier alpha value is -3.62. The van der Waals surface area contributed by atoms with Crippen LogP contribution in [0.2, 0.25) is 0 Å². The van der Waals surface area contributed by atoms with Gasteiger partial charge in [-0.15, -0.1) is 10.2 Å². The number of imidazole rings is 1. The number of hydrogen-bond acceptors (Lipinski definition) is 6. The lowest BCUT2D eigenvalue weighted by molar-refractivity contribution is 0.521. The molecule has 1 fully saturated rings. The Morgan fingerprint density at radius 3 is 2.66 bits per heavy atom. The molecule has 32 heavy (non-hydrogen) atoms. The van der Waals surface area contributed by atoms with Crippen LogP contribution < -0.4 is 4.90 Å². The van der Waals surface area contributed by atoms with Gasteiger partial charge in [-0.1, -0.05) is 6.92 Å². The summed E-state index contributed by atoms with van der Waals surface area (Å²) in [4.78, 5) is 16.7. The van der Waals surface area contributed by atoms with Crippen molar-refractivity contribution in [3.05, 3.63) is 60.3 Å². The molecule has 1 atom stereocenters. The zero-order valence-corrected chi connectivity index (χ0v) is 18.0. The quantitative estimate of drug-likeness (QED) is 0.476. The van der Waals surface area contributed by atoms with Gasteiger partial charge in [-0.3, -0.25) is 9.13 Å². The minimum atomic E-state index is -0.279. The molecule has 1 aliphatic heterocycles. The molecular weight excluding hydrogens is 407 g/mol. The van der Waals surface area contributed by atoms with Gasteiger partial charge in [-0.2, -0.15) is 4.98 Å². The molecule has 4 aromatic rings. The van der Waals surface area contributed by atoms with Crippen LogP contribution in [0.15, 0.2) is 43.0 Å². The molecule has 8 nitrogen and oxygen atoms in total. The highest BCUT2D eigenvalue weighted by molar-refractivity contribution is 5.66. The Labute approximate surface area is 184 Å². The highest BCUT2D eigenvalue weighted by atomic mass is 19.1. The second-order valence-corrected chi connectivity index (χ2v) is 8.49. The van der Waals surface area contributed by atoms with Gasteiger partial charge in [0.15, 0.2) is 11.6 Å². The number of rotatable bonds is 5. The van der Waals surface area contributed by atoms with Gasteiger partial charge in [-0.25, -0.2) is 14.4 Å². The predicted molar refractivity (Wildman–Crippen MR) is 117 cm³/mol. The molecule has 1 aliphatic carbocycles. The Bertz CT molecular complexity index is 1290. The van der Waals surface area contributed by atoms with Crippen molar-refractivity contribution in [3.63, 3.8) is 0 Å². The molecule has 6 rings (SSSR count). The number of aromatic nitrogens is 7. The van der Waals surface area contributed by atoms with Gasteiger partial charge >= 0.3 is 0 Å². The summed E-state index contributed by atoms with van der Waals surface area (Å²) >= 11 is 0. The number of halogens is 1. The van der Waals surface area contributed by atoms with Gasteiger partial charge in [0.1, 0.15) is 23.7 Å². The molecule has 162 valence electrons. The Kier molecular flexibility index (Phi) is 4.31. The maximum Gasteiger partial charge on any atom is 0.237 e. The molecule has 2 aliphatic rings. The Balaban J connectivity index is 1.52. The van der Waals surface area contributed by atoms with Crippen LogP contribution in [0.1, 0.15) is 43.7 Å². The molecule has 0 amide bonds. The maximum absolute atomic E-state index is 13.4. The van der Waals surface area contributed by atoms with Crippen LogP contribution in [-0.4, -0.2) is 40.8 Å². The zero-order valence-electron chi connectivity index (χ0n) is 18.0. The first kappa shape index (κ1) is 19.1. The molecular formula is C23H23FN8. The predicted octanol–water partition coefficient (Wildman–Crippen LogP) is 4.04. The molecule has 1 saturated carbocycles. The lowest BCUT2D eigenvalue weighted by Gasteiger charge is -2.37. The van der Waals surface area contributed by atoms with E-state index >= 15 is 0 Å². The van der Waals surface area contributed by atoms with E-state index in [0.29, 0.717) is 17.7 Å². The summed E-state index contributed by atoms with van der Waals surface area (Å²) in [6.45, 7) is 5.11. The van der Waals surface area contributed by atoms with Crippen molar-refractivity contribution in [1.82, 2.24) is 34.3 Å². The van der Waals surface area contributed by atoms with Crippen LogP contribution in [0.4, 0.5) is 10.2 Å². The highest BCUT2D eigenvalue weighted by Gasteiger charge is 2.38. The van der Waals surface area contributed by atoms with Crippen LogP contribution in [0.3, 0.4) is 0 Å². The van der Waals surface area contributed by atoms with Crippen molar-refractivity contribution >= 4 is 5.82 Å². The summed E-state index contributed by atoms with van der Waals surface area (Å²) in [5.41, 5.74) is 2.58. The van der Waals surface area contributed by atoms with Gasteiger partial charge in [-0.05, 0) is 56.4 Å². The van der Waals surface area contributed by atoms with Crippen LogP contribution in [0.25, 0.3) is 23.0 Å². The summed E-state index contributed by atoms with van der Waals surface area (Å²) in [7, 11) is 0. The third kappa shape index (κ3) is 2.99. The second-order valence-electron chi connectivity index (χ2n) is 8.49. The smallest absolute Gasteiger partial charge is 0.237 e. The summed E-state index contributed by atoms with van der Waals surface area (Å²) in [6, 6.07) is 6.42. The topological polar surface area (TPSA) is 77.5 Å². The molecule has 3 aromatic heterocycles. The molecule has 0 radical (unpaired) electrons. The van der Waals surface area contributed by atoms with E-state index in [1.54, 1.807) is 24.7 Å². The monoisotopic (exact) mass is 430 g/mol. The van der Waals surface area contributed by atoms with Gasteiger partial charge in [0.2, 0.25) is 5.95 Å². The van der Waals surface area contributed by atoms with Crippen molar-refractivity contribution in [1.29, 1.82) is 0 Å². The van der Waals surface area contributed by atoms with E-state index < -0.39 is 0 Å². The van der Waals surface area contributed by atoms with Crippen molar-refractivity contribution in [2.75, 3.05) is 11.4 Å². The number of hydrogen-bond donors (Lipinski definition) is 0. The van der Waals surface area contributed by atoms with E-state index in [4.69, 9.17) is 9.97 Å². The molecule has 0 unspecified atom stereocenters. The van der Waals surface area contributed by atoms with E-state index in [2.05, 4.69) is 27.0 Å². The number of fused-ring (bicyclic) bond motifs is 3. The largest absolute Gasteiger partial charge is 0.344 e. The average molecular weight is 430 g/mol. The molecule has 4 heterocycles. The minimum absolute atomic E-state index is 0.118. The standard InChI is InChI=1S/C23H23FN8/c1-3-18-21-29-26-13-32(21)19-14(2)27-23(28-22(19)31(18)12-15-4-5-15)30-11-10-25-20(30)16-6-8-17(24)9-7-16/h6-11,13,15,18H,3-5,12H2,1-2H3/t18-/m1/s1. The number of anilines is 1. The van der Waals surface area contributed by atoms with Crippen molar-refractivity contribution < 1.29 is 4.39 Å². The minimum Gasteiger partial charge on any atom is -0.344 e. The second kappa shape index (κ2) is 7.22. The summed E-state index contributed by atoms with van der Waals surface area (Å²) in [6.07, 6.45) is 8.73. The Morgan fingerprint density at radius 2 is 1.91 bits per heavy atom. The van der Waals surface area contributed by atoms with Crippen LogP contribution in [0.5, 0.6) is 0 Å². The van der Waals surface area contributed by atoms with Crippen molar-refractivity contribution in [3.8, 4) is 23.0 Å². The van der Waals surface area contributed by atoms with Crippen molar-refractivity contribution in [2.24, 2.45) is 5.92 Å². The molecule has 0 bridgehead atoms. The highest BCUT2D eigenvalue weighted by Crippen LogP contribution is 2.42. The lowest BCUT2D eigenvalue weighted by atomic mass is 10.1. The third-order valence-electron chi connectivity index (χ3n) is 6.29. The first-order valence-corrected chi connectivity index (χ1v) is 11.0.